The lowest BCUT2D eigenvalue weighted by molar-refractivity contribution is 0.495. The van der Waals surface area contributed by atoms with Crippen LogP contribution in [0.15, 0.2) is 12.1 Å². The molecule has 1 atom stereocenters. The van der Waals surface area contributed by atoms with Gasteiger partial charge in [-0.2, -0.15) is 0 Å². The summed E-state index contributed by atoms with van der Waals surface area (Å²) in [6.07, 6.45) is 1.74. The summed E-state index contributed by atoms with van der Waals surface area (Å²) in [5.41, 5.74) is -0.117. The van der Waals surface area contributed by atoms with Crippen molar-refractivity contribution in [2.75, 3.05) is 5.32 Å². The maximum atomic E-state index is 13.2. The topological polar surface area (TPSA) is 12.0 Å². The normalized spacial score (nSPS) is 12.6. The van der Waals surface area contributed by atoms with E-state index in [4.69, 9.17) is 0 Å². The Kier molecular flexibility index (Phi) is 4.00. The average molecular weight is 217 g/mol. The summed E-state index contributed by atoms with van der Waals surface area (Å²) in [5.74, 6) is -2.97. The summed E-state index contributed by atoms with van der Waals surface area (Å²) in [7, 11) is 0. The van der Waals surface area contributed by atoms with Crippen molar-refractivity contribution < 1.29 is 13.2 Å². The zero-order valence-corrected chi connectivity index (χ0v) is 8.78. The van der Waals surface area contributed by atoms with Gasteiger partial charge in [0.2, 0.25) is 0 Å². The van der Waals surface area contributed by atoms with E-state index in [1.165, 1.54) is 0 Å². The number of rotatable bonds is 4. The summed E-state index contributed by atoms with van der Waals surface area (Å²) in [6, 6.07) is 1.49. The van der Waals surface area contributed by atoms with Crippen LogP contribution in [-0.4, -0.2) is 6.04 Å². The molecular formula is C11H14F3N. The van der Waals surface area contributed by atoms with Crippen LogP contribution in [0.2, 0.25) is 0 Å². The molecule has 0 radical (unpaired) electrons. The van der Waals surface area contributed by atoms with Crippen molar-refractivity contribution in [3.05, 3.63) is 29.6 Å². The molecule has 0 aliphatic carbocycles. The van der Waals surface area contributed by atoms with Crippen molar-refractivity contribution in [1.82, 2.24) is 0 Å². The van der Waals surface area contributed by atoms with E-state index in [0.717, 1.165) is 18.9 Å². The second kappa shape index (κ2) is 5.05. The summed E-state index contributed by atoms with van der Waals surface area (Å²) in [5, 5.41) is 2.74. The molecule has 1 aromatic rings. The minimum atomic E-state index is -1.17. The number of hydrogen-bond donors (Lipinski definition) is 1. The van der Waals surface area contributed by atoms with Gasteiger partial charge in [0.1, 0.15) is 5.82 Å². The van der Waals surface area contributed by atoms with Gasteiger partial charge in [-0.25, -0.2) is 13.2 Å². The summed E-state index contributed by atoms with van der Waals surface area (Å²) >= 11 is 0. The van der Waals surface area contributed by atoms with Gasteiger partial charge >= 0.3 is 0 Å². The SMILES string of the molecule is CCCC(C)Nc1cc(F)cc(F)c1F. The second-order valence-electron chi connectivity index (χ2n) is 3.58. The molecule has 0 saturated heterocycles. The Morgan fingerprint density at radius 2 is 1.93 bits per heavy atom. The highest BCUT2D eigenvalue weighted by atomic mass is 19.2. The van der Waals surface area contributed by atoms with Crippen LogP contribution in [-0.2, 0) is 0 Å². The van der Waals surface area contributed by atoms with Crippen molar-refractivity contribution in [2.24, 2.45) is 0 Å². The first-order valence-corrected chi connectivity index (χ1v) is 4.95. The fourth-order valence-corrected chi connectivity index (χ4v) is 1.43. The Morgan fingerprint density at radius 3 is 2.53 bits per heavy atom. The molecule has 84 valence electrons. The van der Waals surface area contributed by atoms with Crippen LogP contribution in [0.3, 0.4) is 0 Å². The Bertz CT molecular complexity index is 339. The van der Waals surface area contributed by atoms with E-state index in [1.807, 2.05) is 13.8 Å². The molecule has 0 fully saturated rings. The lowest BCUT2D eigenvalue weighted by atomic mass is 10.2. The predicted octanol–water partition coefficient (Wildman–Crippen LogP) is 3.70. The maximum Gasteiger partial charge on any atom is 0.182 e. The fraction of sp³-hybridized carbons (Fsp3) is 0.455. The zero-order chi connectivity index (χ0) is 11.4. The molecule has 1 unspecified atom stereocenters. The van der Waals surface area contributed by atoms with Gasteiger partial charge in [-0.1, -0.05) is 13.3 Å². The first-order valence-electron chi connectivity index (χ1n) is 4.95. The third-order valence-electron chi connectivity index (χ3n) is 2.12. The molecule has 1 aromatic carbocycles. The zero-order valence-electron chi connectivity index (χ0n) is 8.78. The van der Waals surface area contributed by atoms with Crippen molar-refractivity contribution >= 4 is 5.69 Å². The van der Waals surface area contributed by atoms with Gasteiger partial charge in [-0.15, -0.1) is 0 Å². The quantitative estimate of drug-likeness (QED) is 0.758. The van der Waals surface area contributed by atoms with Crippen LogP contribution in [0, 0.1) is 17.5 Å². The van der Waals surface area contributed by atoms with Crippen LogP contribution in [0.5, 0.6) is 0 Å². The molecule has 15 heavy (non-hydrogen) atoms. The van der Waals surface area contributed by atoms with Gasteiger partial charge in [0, 0.05) is 18.2 Å². The molecule has 0 aliphatic heterocycles. The highest BCUT2D eigenvalue weighted by Gasteiger charge is 2.12. The molecule has 0 amide bonds. The van der Waals surface area contributed by atoms with Crippen molar-refractivity contribution in [3.63, 3.8) is 0 Å². The third kappa shape index (κ3) is 3.15. The Labute approximate surface area is 87.3 Å². The van der Waals surface area contributed by atoms with E-state index in [9.17, 15) is 13.2 Å². The first kappa shape index (κ1) is 11.9. The monoisotopic (exact) mass is 217 g/mol. The summed E-state index contributed by atoms with van der Waals surface area (Å²) in [6.45, 7) is 3.83. The first-order chi connectivity index (χ1) is 7.04. The van der Waals surface area contributed by atoms with Crippen LogP contribution >= 0.6 is 0 Å². The summed E-state index contributed by atoms with van der Waals surface area (Å²) < 4.78 is 38.8. The van der Waals surface area contributed by atoms with E-state index < -0.39 is 17.5 Å². The van der Waals surface area contributed by atoms with E-state index in [1.54, 1.807) is 0 Å². The second-order valence-corrected chi connectivity index (χ2v) is 3.58. The van der Waals surface area contributed by atoms with Crippen LogP contribution in [0.25, 0.3) is 0 Å². The molecule has 1 rings (SSSR count). The molecule has 1 nitrogen and oxygen atoms in total. The molecule has 0 spiro atoms. The molecule has 0 aromatic heterocycles. The van der Waals surface area contributed by atoms with E-state index in [2.05, 4.69) is 5.32 Å². The number of benzene rings is 1. The lowest BCUT2D eigenvalue weighted by Crippen LogP contribution is -2.16. The highest BCUT2D eigenvalue weighted by Crippen LogP contribution is 2.20. The number of hydrogen-bond acceptors (Lipinski definition) is 1. The lowest BCUT2D eigenvalue weighted by Gasteiger charge is -2.15. The van der Waals surface area contributed by atoms with Gasteiger partial charge in [-0.3, -0.25) is 0 Å². The van der Waals surface area contributed by atoms with Gasteiger partial charge in [0.15, 0.2) is 11.6 Å². The van der Waals surface area contributed by atoms with Crippen molar-refractivity contribution in [1.29, 1.82) is 0 Å². The molecular weight excluding hydrogens is 203 g/mol. The average Bonchev–Trinajstić information content (AvgIpc) is 2.13. The van der Waals surface area contributed by atoms with E-state index >= 15 is 0 Å². The largest absolute Gasteiger partial charge is 0.380 e. The highest BCUT2D eigenvalue weighted by molar-refractivity contribution is 5.46. The predicted molar refractivity (Wildman–Crippen MR) is 54.3 cm³/mol. The Hall–Kier alpha value is -1.19. The maximum absolute atomic E-state index is 13.2. The Balaban J connectivity index is 2.84. The summed E-state index contributed by atoms with van der Waals surface area (Å²) in [4.78, 5) is 0. The number of anilines is 1. The van der Waals surface area contributed by atoms with Gasteiger partial charge < -0.3 is 5.32 Å². The molecule has 0 saturated carbocycles. The van der Waals surface area contributed by atoms with Gasteiger partial charge in [-0.05, 0) is 13.3 Å². The molecule has 0 heterocycles. The Morgan fingerprint density at radius 1 is 1.27 bits per heavy atom. The van der Waals surface area contributed by atoms with Gasteiger partial charge in [0.25, 0.3) is 0 Å². The minimum Gasteiger partial charge on any atom is -0.380 e. The standard InChI is InChI=1S/C11H14F3N/c1-3-4-7(2)15-10-6-8(12)5-9(13)11(10)14/h5-7,15H,3-4H2,1-2H3. The van der Waals surface area contributed by atoms with Crippen LogP contribution < -0.4 is 5.32 Å². The van der Waals surface area contributed by atoms with Crippen molar-refractivity contribution in [2.45, 2.75) is 32.7 Å². The number of nitrogens with one attached hydrogen (secondary N) is 1. The molecule has 4 heteroatoms. The number of halogens is 3. The molecule has 0 aliphatic rings. The van der Waals surface area contributed by atoms with Crippen LogP contribution in [0.1, 0.15) is 26.7 Å². The van der Waals surface area contributed by atoms with Crippen LogP contribution in [0.4, 0.5) is 18.9 Å². The minimum absolute atomic E-state index is 0.00861. The third-order valence-corrected chi connectivity index (χ3v) is 2.12. The van der Waals surface area contributed by atoms with E-state index in [-0.39, 0.29) is 11.7 Å². The molecule has 1 N–H and O–H groups in total. The van der Waals surface area contributed by atoms with Crippen molar-refractivity contribution in [3.8, 4) is 0 Å². The van der Waals surface area contributed by atoms with E-state index in [0.29, 0.717) is 6.07 Å². The van der Waals surface area contributed by atoms with Gasteiger partial charge in [0.05, 0.1) is 5.69 Å². The molecule has 0 bridgehead atoms. The fourth-order valence-electron chi connectivity index (χ4n) is 1.43. The smallest absolute Gasteiger partial charge is 0.182 e.